The summed E-state index contributed by atoms with van der Waals surface area (Å²) in [6, 6.07) is 0. The monoisotopic (exact) mass is 269 g/mol. The van der Waals surface area contributed by atoms with Gasteiger partial charge in [-0.3, -0.25) is 4.79 Å². The zero-order chi connectivity index (χ0) is 14.5. The van der Waals surface area contributed by atoms with Crippen molar-refractivity contribution in [3.63, 3.8) is 0 Å². The second-order valence-electron chi connectivity index (χ2n) is 4.64. The molecule has 8 nitrogen and oxygen atoms in total. The number of hydrogen-bond donors (Lipinski definition) is 2. The molecule has 1 amide bonds. The number of hydrogen-bond acceptors (Lipinski definition) is 6. The number of esters is 1. The molecule has 1 rings (SSSR count). The number of nitrogens with one attached hydrogen (secondary N) is 2. The molecular formula is C11H19N5O3. The van der Waals surface area contributed by atoms with Crippen LogP contribution in [0.3, 0.4) is 0 Å². The smallest absolute Gasteiger partial charge is 0.340 e. The Morgan fingerprint density at radius 1 is 1.47 bits per heavy atom. The van der Waals surface area contributed by atoms with Gasteiger partial charge in [-0.25, -0.2) is 4.79 Å². The maximum Gasteiger partial charge on any atom is 0.340 e. The largest absolute Gasteiger partial charge is 0.464 e. The minimum absolute atomic E-state index is 0.106. The Labute approximate surface area is 111 Å². The van der Waals surface area contributed by atoms with E-state index in [9.17, 15) is 9.59 Å². The van der Waals surface area contributed by atoms with E-state index in [1.54, 1.807) is 6.92 Å². The third kappa shape index (κ3) is 3.49. The molecule has 1 aromatic heterocycles. The first-order chi connectivity index (χ1) is 8.92. The fourth-order valence-electron chi connectivity index (χ4n) is 1.93. The standard InChI is InChI=1S/C11H19N5O3/c1-5-19-10(18)11(6-7(2)3,12-8(4)17)9-13-15-16-14-9/h7H,5-6H2,1-4H3,(H,12,17)(H,13,14,15,16). The van der Waals surface area contributed by atoms with Gasteiger partial charge in [0, 0.05) is 6.92 Å². The summed E-state index contributed by atoms with van der Waals surface area (Å²) in [5.41, 5.74) is -1.40. The Morgan fingerprint density at radius 3 is 2.58 bits per heavy atom. The summed E-state index contributed by atoms with van der Waals surface area (Å²) >= 11 is 0. The number of rotatable bonds is 6. The molecule has 106 valence electrons. The van der Waals surface area contributed by atoms with Gasteiger partial charge in [0.05, 0.1) is 6.61 Å². The van der Waals surface area contributed by atoms with E-state index < -0.39 is 11.5 Å². The minimum atomic E-state index is -1.40. The Bertz CT molecular complexity index is 432. The number of aromatic nitrogens is 4. The highest BCUT2D eigenvalue weighted by atomic mass is 16.5. The second-order valence-corrected chi connectivity index (χ2v) is 4.64. The molecule has 0 saturated heterocycles. The van der Waals surface area contributed by atoms with E-state index in [1.165, 1.54) is 6.92 Å². The van der Waals surface area contributed by atoms with E-state index in [4.69, 9.17) is 4.74 Å². The summed E-state index contributed by atoms with van der Waals surface area (Å²) in [6.45, 7) is 7.08. The number of carbonyl (C=O) groups is 2. The zero-order valence-corrected chi connectivity index (χ0v) is 11.6. The van der Waals surface area contributed by atoms with Gasteiger partial charge < -0.3 is 10.1 Å². The van der Waals surface area contributed by atoms with Crippen LogP contribution in [0.25, 0.3) is 0 Å². The molecule has 0 aromatic carbocycles. The van der Waals surface area contributed by atoms with Crippen LogP contribution in [0.4, 0.5) is 0 Å². The zero-order valence-electron chi connectivity index (χ0n) is 11.6. The van der Waals surface area contributed by atoms with Crippen LogP contribution in [0.5, 0.6) is 0 Å². The average Bonchev–Trinajstić information content (AvgIpc) is 2.80. The first kappa shape index (κ1) is 15.1. The molecule has 0 saturated carbocycles. The van der Waals surface area contributed by atoms with Crippen LogP contribution in [-0.2, 0) is 19.9 Å². The molecule has 0 aliphatic heterocycles. The number of aromatic amines is 1. The number of ether oxygens (including phenoxy) is 1. The third-order valence-corrected chi connectivity index (χ3v) is 2.45. The van der Waals surface area contributed by atoms with Crippen molar-refractivity contribution in [3.8, 4) is 0 Å². The van der Waals surface area contributed by atoms with Crippen LogP contribution in [-0.4, -0.2) is 39.1 Å². The number of H-pyrrole nitrogens is 1. The van der Waals surface area contributed by atoms with Crippen LogP contribution in [0.2, 0.25) is 0 Å². The molecular weight excluding hydrogens is 250 g/mol. The van der Waals surface area contributed by atoms with Crippen molar-refractivity contribution >= 4 is 11.9 Å². The fraction of sp³-hybridized carbons (Fsp3) is 0.727. The van der Waals surface area contributed by atoms with E-state index >= 15 is 0 Å². The average molecular weight is 269 g/mol. The lowest BCUT2D eigenvalue weighted by atomic mass is 9.87. The molecule has 0 bridgehead atoms. The van der Waals surface area contributed by atoms with Crippen molar-refractivity contribution < 1.29 is 14.3 Å². The summed E-state index contributed by atoms with van der Waals surface area (Å²) in [6.07, 6.45) is 0.324. The maximum atomic E-state index is 12.3. The molecule has 0 aliphatic carbocycles. The first-order valence-corrected chi connectivity index (χ1v) is 6.12. The highest BCUT2D eigenvalue weighted by Gasteiger charge is 2.47. The van der Waals surface area contributed by atoms with Crippen molar-refractivity contribution in [2.24, 2.45) is 5.92 Å². The molecule has 1 aromatic rings. The molecule has 0 aliphatic rings. The molecule has 1 unspecified atom stereocenters. The van der Waals surface area contributed by atoms with Crippen molar-refractivity contribution in [1.82, 2.24) is 25.9 Å². The molecule has 0 fully saturated rings. The topological polar surface area (TPSA) is 110 Å². The highest BCUT2D eigenvalue weighted by molar-refractivity contribution is 5.87. The van der Waals surface area contributed by atoms with Gasteiger partial charge in [-0.05, 0) is 19.3 Å². The summed E-state index contributed by atoms with van der Waals surface area (Å²) in [5.74, 6) is -0.719. The van der Waals surface area contributed by atoms with E-state index in [1.807, 2.05) is 13.8 Å². The Balaban J connectivity index is 3.23. The van der Waals surface area contributed by atoms with Crippen molar-refractivity contribution in [2.75, 3.05) is 6.61 Å². The van der Waals surface area contributed by atoms with E-state index in [0.29, 0.717) is 6.42 Å². The van der Waals surface area contributed by atoms with Crippen molar-refractivity contribution in [3.05, 3.63) is 5.82 Å². The van der Waals surface area contributed by atoms with Gasteiger partial charge in [0.1, 0.15) is 0 Å². The van der Waals surface area contributed by atoms with Gasteiger partial charge in [0.15, 0.2) is 0 Å². The second kappa shape index (κ2) is 6.26. The van der Waals surface area contributed by atoms with E-state index in [2.05, 4.69) is 25.9 Å². The van der Waals surface area contributed by atoms with Crippen LogP contribution >= 0.6 is 0 Å². The van der Waals surface area contributed by atoms with Crippen LogP contribution in [0.1, 0.15) is 39.9 Å². The minimum Gasteiger partial charge on any atom is -0.464 e. The molecule has 8 heteroatoms. The number of amides is 1. The van der Waals surface area contributed by atoms with E-state index in [0.717, 1.165) is 0 Å². The summed E-state index contributed by atoms with van der Waals surface area (Å²) in [4.78, 5) is 23.7. The molecule has 0 radical (unpaired) electrons. The number of nitrogens with zero attached hydrogens (tertiary/aromatic N) is 3. The van der Waals surface area contributed by atoms with Gasteiger partial charge in [-0.2, -0.15) is 5.21 Å². The van der Waals surface area contributed by atoms with Gasteiger partial charge in [0.2, 0.25) is 17.3 Å². The maximum absolute atomic E-state index is 12.3. The lowest BCUT2D eigenvalue weighted by Crippen LogP contribution is -2.53. The Kier molecular flexibility index (Phi) is 4.96. The summed E-state index contributed by atoms with van der Waals surface area (Å²) < 4.78 is 5.06. The number of carbonyl (C=O) groups excluding carboxylic acids is 2. The van der Waals surface area contributed by atoms with Crippen LogP contribution < -0.4 is 5.32 Å². The Morgan fingerprint density at radius 2 is 2.16 bits per heavy atom. The molecule has 19 heavy (non-hydrogen) atoms. The first-order valence-electron chi connectivity index (χ1n) is 6.12. The van der Waals surface area contributed by atoms with Crippen LogP contribution in [0.15, 0.2) is 0 Å². The van der Waals surface area contributed by atoms with Gasteiger partial charge in [-0.1, -0.05) is 19.1 Å². The predicted octanol–water partition coefficient (Wildman–Crippen LogP) is 0.140. The number of tetrazole rings is 1. The summed E-state index contributed by atoms with van der Waals surface area (Å²) in [7, 11) is 0. The highest BCUT2D eigenvalue weighted by Crippen LogP contribution is 2.27. The lowest BCUT2D eigenvalue weighted by Gasteiger charge is -2.30. The molecule has 0 spiro atoms. The van der Waals surface area contributed by atoms with E-state index in [-0.39, 0.29) is 24.3 Å². The van der Waals surface area contributed by atoms with Gasteiger partial charge >= 0.3 is 5.97 Å². The van der Waals surface area contributed by atoms with Gasteiger partial charge in [-0.15, -0.1) is 10.2 Å². The molecule has 2 N–H and O–H groups in total. The SMILES string of the molecule is CCOC(=O)C(CC(C)C)(NC(C)=O)c1nn[nH]n1. The molecule has 1 atom stereocenters. The van der Waals surface area contributed by atoms with Gasteiger partial charge in [0.25, 0.3) is 0 Å². The van der Waals surface area contributed by atoms with Crippen molar-refractivity contribution in [2.45, 2.75) is 39.7 Å². The third-order valence-electron chi connectivity index (χ3n) is 2.45. The Hall–Kier alpha value is -1.99. The van der Waals surface area contributed by atoms with Crippen molar-refractivity contribution in [1.29, 1.82) is 0 Å². The predicted molar refractivity (Wildman–Crippen MR) is 65.8 cm³/mol. The molecule has 1 heterocycles. The normalized spacial score (nSPS) is 13.9. The fourth-order valence-corrected chi connectivity index (χ4v) is 1.93. The quantitative estimate of drug-likeness (QED) is 0.711. The van der Waals surface area contributed by atoms with Crippen LogP contribution in [0, 0.1) is 5.92 Å². The lowest BCUT2D eigenvalue weighted by molar-refractivity contribution is -0.155. The summed E-state index contributed by atoms with van der Waals surface area (Å²) in [5, 5.41) is 16.0.